The van der Waals surface area contributed by atoms with Crippen LogP contribution in [0.25, 0.3) is 0 Å². The van der Waals surface area contributed by atoms with Gasteiger partial charge in [-0.05, 0) is 32.9 Å². The molecule has 0 heterocycles. The average Bonchev–Trinajstić information content (AvgIpc) is 2.20. The van der Waals surface area contributed by atoms with E-state index in [1.165, 1.54) is 10.5 Å². The van der Waals surface area contributed by atoms with E-state index < -0.39 is 0 Å². The van der Waals surface area contributed by atoms with E-state index >= 15 is 0 Å². The molecule has 14 heavy (non-hydrogen) atoms. The Morgan fingerprint density at radius 1 is 1.07 bits per heavy atom. The first-order valence-electron chi connectivity index (χ1n) is 5.16. The number of benzene rings is 1. The smallest absolute Gasteiger partial charge is 0.122 e. The first kappa shape index (κ1) is 11.6. The van der Waals surface area contributed by atoms with Gasteiger partial charge in [-0.2, -0.15) is 0 Å². The molecule has 0 spiro atoms. The maximum Gasteiger partial charge on any atom is 0.175 e. The van der Waals surface area contributed by atoms with Crippen molar-refractivity contribution >= 4 is 11.1 Å². The van der Waals surface area contributed by atoms with Crippen LogP contribution >= 0.6 is 0 Å². The van der Waals surface area contributed by atoms with Crippen molar-refractivity contribution in [3.63, 3.8) is 0 Å². The zero-order valence-corrected chi connectivity index (χ0v) is 10.4. The van der Waals surface area contributed by atoms with E-state index in [1.54, 1.807) is 0 Å². The van der Waals surface area contributed by atoms with Crippen molar-refractivity contribution in [1.29, 1.82) is 0 Å². The fourth-order valence-corrected chi connectivity index (χ4v) is 3.10. The maximum absolute atomic E-state index is 2.49. The molecule has 0 aliphatic rings. The zero-order chi connectivity index (χ0) is 10.6. The van der Waals surface area contributed by atoms with Gasteiger partial charge in [-0.15, -0.1) is 4.31 Å². The predicted octanol–water partition coefficient (Wildman–Crippen LogP) is 2.86. The first-order chi connectivity index (χ1) is 6.69. The van der Waals surface area contributed by atoms with Gasteiger partial charge in [0.1, 0.15) is 17.3 Å². The van der Waals surface area contributed by atoms with Gasteiger partial charge in [0.25, 0.3) is 0 Å². The van der Waals surface area contributed by atoms with Crippen LogP contribution in [-0.4, -0.2) is 23.7 Å². The predicted molar refractivity (Wildman–Crippen MR) is 65.7 cm³/mol. The van der Waals surface area contributed by atoms with Gasteiger partial charge in [-0.3, -0.25) is 0 Å². The molecule has 0 aromatic heterocycles. The summed E-state index contributed by atoms with van der Waals surface area (Å²) in [7, 11) is 0. The van der Waals surface area contributed by atoms with Gasteiger partial charge in [0.15, 0.2) is 4.90 Å². The van der Waals surface area contributed by atoms with Gasteiger partial charge in [0.2, 0.25) is 0 Å². The fourth-order valence-electron chi connectivity index (χ4n) is 1.50. The van der Waals surface area contributed by atoms with Gasteiger partial charge >= 0.3 is 0 Å². The summed E-state index contributed by atoms with van der Waals surface area (Å²) in [5.41, 5.74) is 1.34. The lowest BCUT2D eigenvalue weighted by molar-refractivity contribution is 0.515. The van der Waals surface area contributed by atoms with Crippen LogP contribution in [0.5, 0.6) is 0 Å². The highest BCUT2D eigenvalue weighted by molar-refractivity contribution is 7.94. The second-order valence-corrected chi connectivity index (χ2v) is 5.35. The summed E-state index contributed by atoms with van der Waals surface area (Å²) in [5.74, 6) is 0. The lowest BCUT2D eigenvalue weighted by atomic mass is 10.2. The second-order valence-electron chi connectivity index (χ2n) is 3.41. The summed E-state index contributed by atoms with van der Waals surface area (Å²) < 4.78 is 2.49. The van der Waals surface area contributed by atoms with Crippen LogP contribution in [0.3, 0.4) is 0 Å². The Labute approximate surface area is 90.6 Å². The maximum atomic E-state index is 2.49. The van der Waals surface area contributed by atoms with Crippen LogP contribution < -0.4 is 0 Å². The Bertz CT molecular complexity index is 264. The quantitative estimate of drug-likeness (QED) is 0.691. The zero-order valence-electron chi connectivity index (χ0n) is 9.58. The highest BCUT2D eigenvalue weighted by Gasteiger charge is 2.22. The topological polar surface area (TPSA) is 3.24 Å². The van der Waals surface area contributed by atoms with Crippen LogP contribution in [0.1, 0.15) is 19.4 Å². The highest BCUT2D eigenvalue weighted by Crippen LogP contribution is 2.15. The van der Waals surface area contributed by atoms with Crippen LogP contribution in [0.15, 0.2) is 29.2 Å². The minimum absolute atomic E-state index is 0.254. The van der Waals surface area contributed by atoms with Crippen molar-refractivity contribution < 1.29 is 0 Å². The van der Waals surface area contributed by atoms with E-state index in [9.17, 15) is 0 Å². The average molecular weight is 210 g/mol. The molecule has 0 saturated carbocycles. The van der Waals surface area contributed by atoms with Crippen molar-refractivity contribution in [2.45, 2.75) is 25.7 Å². The largest absolute Gasteiger partial charge is 0.175 e. The molecule has 1 atom stereocenters. The fraction of sp³-hybridized carbons (Fsp3) is 0.500. The third-order valence-corrected chi connectivity index (χ3v) is 4.70. The Balaban J connectivity index is 2.77. The molecule has 78 valence electrons. The van der Waals surface area contributed by atoms with E-state index in [-0.39, 0.29) is 11.1 Å². The highest BCUT2D eigenvalue weighted by atomic mass is 32.2. The Hall–Kier alpha value is -0.470. The van der Waals surface area contributed by atoms with Crippen LogP contribution in [-0.2, 0) is 11.1 Å². The molecule has 1 unspecified atom stereocenters. The molecule has 0 aliphatic carbocycles. The van der Waals surface area contributed by atoms with E-state index in [2.05, 4.69) is 55.6 Å². The lowest BCUT2D eigenvalue weighted by Crippen LogP contribution is -2.29. The lowest BCUT2D eigenvalue weighted by Gasteiger charge is -2.15. The molecule has 2 heteroatoms. The Morgan fingerprint density at radius 3 is 2.00 bits per heavy atom. The summed E-state index contributed by atoms with van der Waals surface area (Å²) in [6.45, 7) is 8.84. The molecule has 0 aliphatic heterocycles. The SMILES string of the molecule is CCN(CC)[S+](C)c1ccc(C)cc1. The minimum Gasteiger partial charge on any atom is -0.122 e. The second kappa shape index (κ2) is 5.42. The van der Waals surface area contributed by atoms with E-state index in [1.807, 2.05) is 0 Å². The number of hydrogen-bond acceptors (Lipinski definition) is 1. The normalized spacial score (nSPS) is 13.2. The molecular formula is C12H20NS+. The van der Waals surface area contributed by atoms with Crippen molar-refractivity contribution in [2.24, 2.45) is 0 Å². The van der Waals surface area contributed by atoms with Crippen LogP contribution in [0, 0.1) is 6.92 Å². The Morgan fingerprint density at radius 2 is 1.57 bits per heavy atom. The molecule has 0 N–H and O–H groups in total. The molecular weight excluding hydrogens is 190 g/mol. The molecule has 1 aromatic rings. The molecule has 1 aromatic carbocycles. The van der Waals surface area contributed by atoms with Gasteiger partial charge in [-0.25, -0.2) is 0 Å². The standard InChI is InChI=1S/C12H20NS/c1-5-13(6-2)14(4)12-9-7-11(3)8-10-12/h7-10H,5-6H2,1-4H3/q+1. The van der Waals surface area contributed by atoms with Gasteiger partial charge in [0, 0.05) is 13.1 Å². The number of hydrogen-bond donors (Lipinski definition) is 0. The molecule has 0 radical (unpaired) electrons. The minimum atomic E-state index is 0.254. The van der Waals surface area contributed by atoms with E-state index in [0.717, 1.165) is 13.1 Å². The van der Waals surface area contributed by atoms with Crippen LogP contribution in [0.2, 0.25) is 0 Å². The van der Waals surface area contributed by atoms with Gasteiger partial charge in [-0.1, -0.05) is 17.7 Å². The van der Waals surface area contributed by atoms with Gasteiger partial charge in [0.05, 0.1) is 0 Å². The molecule has 1 nitrogen and oxygen atoms in total. The molecule has 0 fully saturated rings. The summed E-state index contributed by atoms with van der Waals surface area (Å²) in [6, 6.07) is 8.89. The molecule has 1 rings (SSSR count). The molecule has 0 saturated heterocycles. The number of rotatable bonds is 4. The summed E-state index contributed by atoms with van der Waals surface area (Å²) >= 11 is 0.254. The van der Waals surface area contributed by atoms with Crippen molar-refractivity contribution in [2.75, 3.05) is 19.3 Å². The van der Waals surface area contributed by atoms with Crippen molar-refractivity contribution in [1.82, 2.24) is 4.31 Å². The molecule has 0 amide bonds. The van der Waals surface area contributed by atoms with E-state index in [0.29, 0.717) is 0 Å². The number of aryl methyl sites for hydroxylation is 1. The first-order valence-corrected chi connectivity index (χ1v) is 6.75. The monoisotopic (exact) mass is 210 g/mol. The van der Waals surface area contributed by atoms with Crippen molar-refractivity contribution in [3.05, 3.63) is 29.8 Å². The third-order valence-electron chi connectivity index (χ3n) is 2.45. The summed E-state index contributed by atoms with van der Waals surface area (Å²) in [5, 5.41) is 0. The van der Waals surface area contributed by atoms with Crippen molar-refractivity contribution in [3.8, 4) is 0 Å². The van der Waals surface area contributed by atoms with E-state index in [4.69, 9.17) is 0 Å². The van der Waals surface area contributed by atoms with Crippen LogP contribution in [0.4, 0.5) is 0 Å². The summed E-state index contributed by atoms with van der Waals surface area (Å²) in [6.07, 6.45) is 2.30. The number of nitrogens with zero attached hydrogens (tertiary/aromatic N) is 1. The third kappa shape index (κ3) is 2.76. The van der Waals surface area contributed by atoms with Gasteiger partial charge < -0.3 is 0 Å². The summed E-state index contributed by atoms with van der Waals surface area (Å²) in [4.78, 5) is 1.44. The Kier molecular flexibility index (Phi) is 4.49. The molecule has 0 bridgehead atoms.